The summed E-state index contributed by atoms with van der Waals surface area (Å²) in [5.41, 5.74) is 7.49. The molecule has 1 saturated carbocycles. The Labute approximate surface area is 206 Å². The standard InChI is InChI=1S/C25H37N5O5/c1-17(2)16-35-23(31)19-4-8-20(9-5-19)27-24(32)30-14-12-29(13-15-30)21-10-6-18(7-11-21)22(26)28-25(33)34-3/h6-7,10-11,17,19-20H,4-5,8-9,12-16H2,1-3H3,(H,27,32)(H2,26,28,33). The van der Waals surface area contributed by atoms with Gasteiger partial charge < -0.3 is 30.3 Å². The van der Waals surface area contributed by atoms with Crippen molar-refractivity contribution in [3.63, 3.8) is 0 Å². The number of amides is 3. The van der Waals surface area contributed by atoms with Crippen LogP contribution in [-0.4, -0.2) is 74.8 Å². The molecule has 35 heavy (non-hydrogen) atoms. The van der Waals surface area contributed by atoms with Crippen molar-refractivity contribution in [2.75, 3.05) is 44.8 Å². The van der Waals surface area contributed by atoms with Crippen LogP contribution in [0.2, 0.25) is 0 Å². The van der Waals surface area contributed by atoms with Gasteiger partial charge in [0.15, 0.2) is 0 Å². The number of nitrogens with one attached hydrogen (secondary N) is 1. The highest BCUT2D eigenvalue weighted by Gasteiger charge is 2.30. The number of carbonyl (C=O) groups is 3. The molecule has 3 amide bonds. The fraction of sp³-hybridized carbons (Fsp3) is 0.600. The topological polar surface area (TPSA) is 127 Å². The zero-order chi connectivity index (χ0) is 25.4. The van der Waals surface area contributed by atoms with Crippen molar-refractivity contribution in [3.05, 3.63) is 29.8 Å². The molecular formula is C25H37N5O5. The second kappa shape index (κ2) is 12.4. The van der Waals surface area contributed by atoms with Gasteiger partial charge in [-0.2, -0.15) is 4.99 Å². The summed E-state index contributed by atoms with van der Waals surface area (Å²) in [6.07, 6.45) is 2.35. The van der Waals surface area contributed by atoms with Gasteiger partial charge in [0.2, 0.25) is 0 Å². The van der Waals surface area contributed by atoms with Gasteiger partial charge in [-0.05, 0) is 55.9 Å². The van der Waals surface area contributed by atoms with E-state index in [0.717, 1.165) is 31.4 Å². The van der Waals surface area contributed by atoms with Crippen LogP contribution in [0.15, 0.2) is 29.3 Å². The summed E-state index contributed by atoms with van der Waals surface area (Å²) in [7, 11) is 1.25. The number of carbonyl (C=O) groups excluding carboxylic acids is 3. The Bertz CT molecular complexity index is 901. The Morgan fingerprint density at radius 3 is 2.26 bits per heavy atom. The van der Waals surface area contributed by atoms with Crippen molar-refractivity contribution in [1.29, 1.82) is 0 Å². The Hall–Kier alpha value is -3.30. The summed E-state index contributed by atoms with van der Waals surface area (Å²) in [5, 5.41) is 3.14. The predicted octanol–water partition coefficient (Wildman–Crippen LogP) is 2.75. The number of ether oxygens (including phenoxy) is 2. The van der Waals surface area contributed by atoms with E-state index >= 15 is 0 Å². The monoisotopic (exact) mass is 487 g/mol. The largest absolute Gasteiger partial charge is 0.465 e. The molecule has 192 valence electrons. The molecule has 3 N–H and O–H groups in total. The van der Waals surface area contributed by atoms with Crippen LogP contribution in [0.1, 0.15) is 45.1 Å². The van der Waals surface area contributed by atoms with E-state index in [2.05, 4.69) is 19.9 Å². The van der Waals surface area contributed by atoms with Crippen LogP contribution >= 0.6 is 0 Å². The predicted molar refractivity (Wildman–Crippen MR) is 133 cm³/mol. The van der Waals surface area contributed by atoms with Gasteiger partial charge in [0.05, 0.1) is 19.6 Å². The van der Waals surface area contributed by atoms with Gasteiger partial charge >= 0.3 is 18.1 Å². The third kappa shape index (κ3) is 7.60. The molecule has 2 aliphatic rings. The molecular weight excluding hydrogens is 450 g/mol. The molecule has 10 nitrogen and oxygen atoms in total. The number of amidine groups is 1. The van der Waals surface area contributed by atoms with Crippen molar-refractivity contribution in [2.45, 2.75) is 45.6 Å². The number of benzene rings is 1. The maximum atomic E-state index is 12.8. The molecule has 0 bridgehead atoms. The Morgan fingerprint density at radius 1 is 1.06 bits per heavy atom. The van der Waals surface area contributed by atoms with Gasteiger partial charge in [-0.15, -0.1) is 0 Å². The number of aliphatic imine (C=N–C) groups is 1. The average molecular weight is 488 g/mol. The summed E-state index contributed by atoms with van der Waals surface area (Å²) < 4.78 is 9.87. The molecule has 0 atom stereocenters. The number of methoxy groups -OCH3 is 1. The Kier molecular flexibility index (Phi) is 9.33. The van der Waals surface area contributed by atoms with Crippen molar-refractivity contribution in [1.82, 2.24) is 10.2 Å². The highest BCUT2D eigenvalue weighted by atomic mass is 16.5. The Morgan fingerprint density at radius 2 is 1.69 bits per heavy atom. The number of hydrogen-bond acceptors (Lipinski definition) is 6. The summed E-state index contributed by atoms with van der Waals surface area (Å²) in [4.78, 5) is 43.9. The molecule has 0 radical (unpaired) electrons. The third-order valence-electron chi connectivity index (χ3n) is 6.43. The second-order valence-electron chi connectivity index (χ2n) is 9.51. The first-order valence-corrected chi connectivity index (χ1v) is 12.3. The number of rotatable bonds is 6. The molecule has 0 unspecified atom stereocenters. The minimum absolute atomic E-state index is 0.0439. The molecule has 1 aromatic carbocycles. The zero-order valence-corrected chi connectivity index (χ0v) is 20.9. The molecule has 0 spiro atoms. The third-order valence-corrected chi connectivity index (χ3v) is 6.43. The molecule has 2 fully saturated rings. The lowest BCUT2D eigenvalue weighted by molar-refractivity contribution is -0.150. The maximum Gasteiger partial charge on any atom is 0.435 e. The van der Waals surface area contributed by atoms with Crippen LogP contribution in [0.3, 0.4) is 0 Å². The van der Waals surface area contributed by atoms with E-state index in [0.29, 0.717) is 44.3 Å². The van der Waals surface area contributed by atoms with Gasteiger partial charge in [0.1, 0.15) is 5.84 Å². The molecule has 0 aromatic heterocycles. The zero-order valence-electron chi connectivity index (χ0n) is 20.9. The minimum atomic E-state index is -0.738. The molecule has 1 saturated heterocycles. The Balaban J connectivity index is 1.41. The SMILES string of the molecule is COC(=O)N=C(N)c1ccc(N2CCN(C(=O)NC3CCC(C(=O)OCC(C)C)CC3)CC2)cc1. The van der Waals surface area contributed by atoms with E-state index < -0.39 is 6.09 Å². The summed E-state index contributed by atoms with van der Waals surface area (Å²) in [6.45, 7) is 7.18. The molecule has 1 aliphatic heterocycles. The molecule has 1 aromatic rings. The van der Waals surface area contributed by atoms with E-state index in [-0.39, 0.29) is 29.8 Å². The lowest BCUT2D eigenvalue weighted by Gasteiger charge is -2.37. The van der Waals surface area contributed by atoms with Crippen molar-refractivity contribution in [3.8, 4) is 0 Å². The highest BCUT2D eigenvalue weighted by molar-refractivity contribution is 6.02. The second-order valence-corrected chi connectivity index (χ2v) is 9.51. The van der Waals surface area contributed by atoms with Gasteiger partial charge in [-0.25, -0.2) is 9.59 Å². The van der Waals surface area contributed by atoms with Crippen LogP contribution in [0, 0.1) is 11.8 Å². The number of anilines is 1. The summed E-state index contributed by atoms with van der Waals surface area (Å²) in [6, 6.07) is 7.53. The van der Waals surface area contributed by atoms with Crippen LogP contribution in [0.4, 0.5) is 15.3 Å². The van der Waals surface area contributed by atoms with E-state index in [1.807, 2.05) is 43.0 Å². The van der Waals surface area contributed by atoms with Crippen molar-refractivity contribution >= 4 is 29.6 Å². The van der Waals surface area contributed by atoms with Crippen molar-refractivity contribution < 1.29 is 23.9 Å². The maximum absolute atomic E-state index is 12.8. The quantitative estimate of drug-likeness (QED) is 0.359. The van der Waals surface area contributed by atoms with Gasteiger partial charge in [0, 0.05) is 43.5 Å². The number of nitrogens with two attached hydrogens (primary N) is 1. The summed E-state index contributed by atoms with van der Waals surface area (Å²) in [5.74, 6) is 0.275. The number of nitrogens with zero attached hydrogens (tertiary/aromatic N) is 3. The fourth-order valence-corrected chi connectivity index (χ4v) is 4.33. The first-order chi connectivity index (χ1) is 16.8. The molecule has 1 aliphatic carbocycles. The van der Waals surface area contributed by atoms with Crippen molar-refractivity contribution in [2.24, 2.45) is 22.6 Å². The molecule has 3 rings (SSSR count). The van der Waals surface area contributed by atoms with E-state index in [1.165, 1.54) is 7.11 Å². The lowest BCUT2D eigenvalue weighted by atomic mass is 9.86. The van der Waals surface area contributed by atoms with E-state index in [9.17, 15) is 14.4 Å². The highest BCUT2D eigenvalue weighted by Crippen LogP contribution is 2.26. The lowest BCUT2D eigenvalue weighted by Crippen LogP contribution is -2.54. The number of esters is 1. The fourth-order valence-electron chi connectivity index (χ4n) is 4.33. The van der Waals surface area contributed by atoms with Crippen LogP contribution in [0.5, 0.6) is 0 Å². The van der Waals surface area contributed by atoms with E-state index in [4.69, 9.17) is 10.5 Å². The number of hydrogen-bond donors (Lipinski definition) is 2. The normalized spacial score (nSPS) is 21.0. The van der Waals surface area contributed by atoms with E-state index in [1.54, 1.807) is 0 Å². The first kappa shape index (κ1) is 26.3. The van der Waals surface area contributed by atoms with Crippen LogP contribution < -0.4 is 16.0 Å². The summed E-state index contributed by atoms with van der Waals surface area (Å²) >= 11 is 0. The average Bonchev–Trinajstić information content (AvgIpc) is 2.87. The molecule has 1 heterocycles. The van der Waals surface area contributed by atoms with Gasteiger partial charge in [0.25, 0.3) is 0 Å². The van der Waals surface area contributed by atoms with Gasteiger partial charge in [-0.3, -0.25) is 4.79 Å². The molecule has 10 heteroatoms. The number of piperazine rings is 1. The number of urea groups is 1. The smallest absolute Gasteiger partial charge is 0.435 e. The van der Waals surface area contributed by atoms with Crippen LogP contribution in [0.25, 0.3) is 0 Å². The van der Waals surface area contributed by atoms with Crippen LogP contribution in [-0.2, 0) is 14.3 Å². The first-order valence-electron chi connectivity index (χ1n) is 12.3. The minimum Gasteiger partial charge on any atom is -0.465 e. The van der Waals surface area contributed by atoms with Gasteiger partial charge in [-0.1, -0.05) is 13.8 Å².